The van der Waals surface area contributed by atoms with E-state index < -0.39 is 15.1 Å². The standard InChI is InChI=1S/C11H22N2O3S/c1-8(2)9(3)11(14)13-7-10-6-12-4-5-17(10,15)16/h8-10,12H,4-7H2,1-3H3,(H,13,14). The van der Waals surface area contributed by atoms with Gasteiger partial charge in [-0.3, -0.25) is 4.79 Å². The molecule has 1 aliphatic rings. The fourth-order valence-corrected chi connectivity index (χ4v) is 3.12. The molecule has 0 radical (unpaired) electrons. The number of hydrogen-bond donors (Lipinski definition) is 2. The van der Waals surface area contributed by atoms with E-state index in [0.29, 0.717) is 13.1 Å². The van der Waals surface area contributed by atoms with Crippen LogP contribution in [0.4, 0.5) is 0 Å². The van der Waals surface area contributed by atoms with Gasteiger partial charge in [-0.05, 0) is 5.92 Å². The van der Waals surface area contributed by atoms with Crippen molar-refractivity contribution in [3.63, 3.8) is 0 Å². The van der Waals surface area contributed by atoms with Gasteiger partial charge in [-0.1, -0.05) is 20.8 Å². The van der Waals surface area contributed by atoms with Crippen LogP contribution >= 0.6 is 0 Å². The fourth-order valence-electron chi connectivity index (χ4n) is 1.65. The molecule has 1 heterocycles. The number of rotatable bonds is 4. The van der Waals surface area contributed by atoms with E-state index >= 15 is 0 Å². The van der Waals surface area contributed by atoms with E-state index in [0.717, 1.165) is 0 Å². The molecule has 1 amide bonds. The van der Waals surface area contributed by atoms with Crippen molar-refractivity contribution in [1.29, 1.82) is 0 Å². The molecule has 1 aliphatic heterocycles. The van der Waals surface area contributed by atoms with E-state index in [1.807, 2.05) is 20.8 Å². The Hall–Kier alpha value is -0.620. The average Bonchev–Trinajstić information content (AvgIpc) is 2.25. The topological polar surface area (TPSA) is 75.3 Å². The van der Waals surface area contributed by atoms with Crippen molar-refractivity contribution in [2.24, 2.45) is 11.8 Å². The molecule has 0 aliphatic carbocycles. The van der Waals surface area contributed by atoms with Crippen LogP contribution in [0.2, 0.25) is 0 Å². The van der Waals surface area contributed by atoms with Crippen molar-refractivity contribution in [1.82, 2.24) is 10.6 Å². The highest BCUT2D eigenvalue weighted by atomic mass is 32.2. The minimum absolute atomic E-state index is 0.0687. The van der Waals surface area contributed by atoms with E-state index in [-0.39, 0.29) is 30.0 Å². The zero-order valence-corrected chi connectivity index (χ0v) is 11.5. The molecule has 0 bridgehead atoms. The zero-order chi connectivity index (χ0) is 13.1. The summed E-state index contributed by atoms with van der Waals surface area (Å²) in [7, 11) is -3.04. The Labute approximate surface area is 103 Å². The summed E-state index contributed by atoms with van der Waals surface area (Å²) in [5.41, 5.74) is 0. The third-order valence-electron chi connectivity index (χ3n) is 3.36. The zero-order valence-electron chi connectivity index (χ0n) is 10.7. The molecule has 0 aromatic rings. The molecule has 17 heavy (non-hydrogen) atoms. The van der Waals surface area contributed by atoms with Gasteiger partial charge in [0, 0.05) is 25.6 Å². The molecule has 0 aromatic carbocycles. The SMILES string of the molecule is CC(C)C(C)C(=O)NCC1CNCCS1(=O)=O. The molecule has 6 heteroatoms. The summed E-state index contributed by atoms with van der Waals surface area (Å²) in [5.74, 6) is 0.263. The summed E-state index contributed by atoms with van der Waals surface area (Å²) < 4.78 is 23.4. The maximum atomic E-state index is 11.7. The van der Waals surface area contributed by atoms with Crippen molar-refractivity contribution in [2.75, 3.05) is 25.4 Å². The molecule has 1 rings (SSSR count). The van der Waals surface area contributed by atoms with Gasteiger partial charge in [-0.25, -0.2) is 8.42 Å². The van der Waals surface area contributed by atoms with Crippen molar-refractivity contribution in [3.8, 4) is 0 Å². The smallest absolute Gasteiger partial charge is 0.223 e. The van der Waals surface area contributed by atoms with E-state index in [2.05, 4.69) is 10.6 Å². The fraction of sp³-hybridized carbons (Fsp3) is 0.909. The largest absolute Gasteiger partial charge is 0.355 e. The van der Waals surface area contributed by atoms with Crippen LogP contribution in [-0.2, 0) is 14.6 Å². The molecule has 5 nitrogen and oxygen atoms in total. The van der Waals surface area contributed by atoms with Gasteiger partial charge < -0.3 is 10.6 Å². The minimum Gasteiger partial charge on any atom is -0.355 e. The summed E-state index contributed by atoms with van der Waals surface area (Å²) in [4.78, 5) is 11.7. The lowest BCUT2D eigenvalue weighted by Gasteiger charge is -2.24. The van der Waals surface area contributed by atoms with Gasteiger partial charge in [0.15, 0.2) is 9.84 Å². The van der Waals surface area contributed by atoms with Gasteiger partial charge in [0.2, 0.25) is 5.91 Å². The van der Waals surface area contributed by atoms with Crippen molar-refractivity contribution in [2.45, 2.75) is 26.0 Å². The molecular formula is C11H22N2O3S. The molecule has 0 aromatic heterocycles. The van der Waals surface area contributed by atoms with Gasteiger partial charge in [0.05, 0.1) is 11.0 Å². The highest BCUT2D eigenvalue weighted by molar-refractivity contribution is 7.92. The second kappa shape index (κ2) is 5.82. The summed E-state index contributed by atoms with van der Waals surface area (Å²) in [6.45, 7) is 6.96. The first-order valence-corrected chi connectivity index (χ1v) is 7.76. The second-order valence-corrected chi connectivity index (χ2v) is 7.37. The van der Waals surface area contributed by atoms with Crippen LogP contribution in [0.25, 0.3) is 0 Å². The van der Waals surface area contributed by atoms with Crippen molar-refractivity contribution in [3.05, 3.63) is 0 Å². The third kappa shape index (κ3) is 3.96. The lowest BCUT2D eigenvalue weighted by atomic mass is 9.97. The third-order valence-corrected chi connectivity index (χ3v) is 5.48. The Bertz CT molecular complexity index is 365. The summed E-state index contributed by atoms with van der Waals surface area (Å²) in [6, 6.07) is 0. The lowest BCUT2D eigenvalue weighted by molar-refractivity contribution is -0.125. The summed E-state index contributed by atoms with van der Waals surface area (Å²) in [6.07, 6.45) is 0. The summed E-state index contributed by atoms with van der Waals surface area (Å²) in [5, 5.41) is 5.28. The Morgan fingerprint density at radius 1 is 1.41 bits per heavy atom. The number of hydrogen-bond acceptors (Lipinski definition) is 4. The Kier molecular flexibility index (Phi) is 4.94. The molecule has 0 spiro atoms. The number of nitrogens with one attached hydrogen (secondary N) is 2. The second-order valence-electron chi connectivity index (χ2n) is 4.97. The van der Waals surface area contributed by atoms with Crippen LogP contribution in [0.3, 0.4) is 0 Å². The molecular weight excluding hydrogens is 240 g/mol. The molecule has 1 fully saturated rings. The van der Waals surface area contributed by atoms with Crippen LogP contribution in [-0.4, -0.2) is 45.0 Å². The van der Waals surface area contributed by atoms with Gasteiger partial charge in [0.1, 0.15) is 0 Å². The number of carbonyl (C=O) groups is 1. The molecule has 2 N–H and O–H groups in total. The van der Waals surface area contributed by atoms with E-state index in [9.17, 15) is 13.2 Å². The van der Waals surface area contributed by atoms with Gasteiger partial charge >= 0.3 is 0 Å². The number of carbonyl (C=O) groups excluding carboxylic acids is 1. The van der Waals surface area contributed by atoms with Crippen LogP contribution in [0.15, 0.2) is 0 Å². The lowest BCUT2D eigenvalue weighted by Crippen LogP contribution is -2.50. The first-order chi connectivity index (χ1) is 7.84. The Balaban J connectivity index is 2.47. The van der Waals surface area contributed by atoms with E-state index in [1.165, 1.54) is 0 Å². The van der Waals surface area contributed by atoms with Gasteiger partial charge in [-0.2, -0.15) is 0 Å². The predicted octanol–water partition coefficient (Wildman–Crippen LogP) is -0.219. The van der Waals surface area contributed by atoms with Crippen LogP contribution < -0.4 is 10.6 Å². The number of amides is 1. The Morgan fingerprint density at radius 2 is 2.06 bits per heavy atom. The Morgan fingerprint density at radius 3 is 2.59 bits per heavy atom. The number of sulfone groups is 1. The normalized spacial score (nSPS) is 25.5. The van der Waals surface area contributed by atoms with Crippen LogP contribution in [0, 0.1) is 11.8 Å². The molecule has 100 valence electrons. The first-order valence-electron chi connectivity index (χ1n) is 6.04. The van der Waals surface area contributed by atoms with Gasteiger partial charge in [-0.15, -0.1) is 0 Å². The maximum absolute atomic E-state index is 11.7. The van der Waals surface area contributed by atoms with E-state index in [1.54, 1.807) is 0 Å². The molecule has 2 atom stereocenters. The quantitative estimate of drug-likeness (QED) is 0.734. The highest BCUT2D eigenvalue weighted by Gasteiger charge is 2.29. The maximum Gasteiger partial charge on any atom is 0.223 e. The molecule has 0 saturated carbocycles. The monoisotopic (exact) mass is 262 g/mol. The van der Waals surface area contributed by atoms with Crippen LogP contribution in [0.5, 0.6) is 0 Å². The highest BCUT2D eigenvalue weighted by Crippen LogP contribution is 2.10. The summed E-state index contributed by atoms with van der Waals surface area (Å²) >= 11 is 0. The van der Waals surface area contributed by atoms with E-state index in [4.69, 9.17) is 0 Å². The van der Waals surface area contributed by atoms with Crippen LogP contribution in [0.1, 0.15) is 20.8 Å². The van der Waals surface area contributed by atoms with Crippen molar-refractivity contribution >= 4 is 15.7 Å². The first kappa shape index (κ1) is 14.4. The van der Waals surface area contributed by atoms with Crippen molar-refractivity contribution < 1.29 is 13.2 Å². The minimum atomic E-state index is -3.04. The average molecular weight is 262 g/mol. The molecule has 2 unspecified atom stereocenters. The van der Waals surface area contributed by atoms with Gasteiger partial charge in [0.25, 0.3) is 0 Å². The molecule has 1 saturated heterocycles. The predicted molar refractivity (Wildman–Crippen MR) is 67.5 cm³/mol.